The second-order valence-electron chi connectivity index (χ2n) is 6.78. The number of rotatable bonds is 12. The van der Waals surface area contributed by atoms with Gasteiger partial charge in [-0.2, -0.15) is 0 Å². The van der Waals surface area contributed by atoms with Crippen molar-refractivity contribution in [2.24, 2.45) is 5.73 Å². The van der Waals surface area contributed by atoms with Gasteiger partial charge in [-0.1, -0.05) is 33.1 Å². The molecule has 0 spiro atoms. The number of hydrogen-bond donors (Lipinski definition) is 2. The molecule has 0 saturated carbocycles. The van der Waals surface area contributed by atoms with Crippen molar-refractivity contribution < 1.29 is 13.3 Å². The van der Waals surface area contributed by atoms with Crippen LogP contribution in [0.2, 0.25) is 0 Å². The molecule has 0 aromatic carbocycles. The van der Waals surface area contributed by atoms with Crippen LogP contribution in [0.1, 0.15) is 80.6 Å². The molecule has 0 aliphatic carbocycles. The predicted molar refractivity (Wildman–Crippen MR) is 102 cm³/mol. The van der Waals surface area contributed by atoms with Gasteiger partial charge in [0, 0.05) is 12.2 Å². The van der Waals surface area contributed by atoms with Gasteiger partial charge in [0.2, 0.25) is 0 Å². The van der Waals surface area contributed by atoms with E-state index >= 15 is 0 Å². The smallest absolute Gasteiger partial charge is 0.377 e. The molecule has 138 valence electrons. The average Bonchev–Trinajstić information content (AvgIpc) is 2.33. The van der Waals surface area contributed by atoms with E-state index in [1.807, 2.05) is 27.7 Å². The van der Waals surface area contributed by atoms with Crippen molar-refractivity contribution in [2.45, 2.75) is 98.4 Å². The van der Waals surface area contributed by atoms with Gasteiger partial charge in [0.05, 0.1) is 5.60 Å². The molecule has 0 amide bonds. The van der Waals surface area contributed by atoms with Crippen LogP contribution >= 0.6 is 12.2 Å². The van der Waals surface area contributed by atoms with Crippen molar-refractivity contribution in [2.75, 3.05) is 0 Å². The zero-order valence-electron chi connectivity index (χ0n) is 15.9. The lowest BCUT2D eigenvalue weighted by molar-refractivity contribution is -0.0563. The van der Waals surface area contributed by atoms with Crippen LogP contribution in [0, 0.1) is 0 Å². The third-order valence-corrected chi connectivity index (χ3v) is 6.46. The van der Waals surface area contributed by atoms with Crippen LogP contribution in [-0.4, -0.2) is 31.9 Å². The molecule has 0 rings (SSSR count). The number of hydrogen-bond acceptors (Lipinski definition) is 4. The molecule has 1 unspecified atom stereocenters. The van der Waals surface area contributed by atoms with Gasteiger partial charge < -0.3 is 24.0 Å². The molecule has 0 fully saturated rings. The van der Waals surface area contributed by atoms with Gasteiger partial charge in [-0.05, 0) is 59.7 Å². The highest BCUT2D eigenvalue weighted by atomic mass is 32.1. The van der Waals surface area contributed by atoms with Crippen LogP contribution in [0.25, 0.3) is 0 Å². The Balaban J connectivity index is 5.51. The van der Waals surface area contributed by atoms with Gasteiger partial charge in [0.25, 0.3) is 0 Å². The van der Waals surface area contributed by atoms with E-state index in [0.29, 0.717) is 0 Å². The lowest BCUT2D eigenvalue weighted by Gasteiger charge is -2.40. The number of thiocarbonyl (C=S) groups is 1. The first-order chi connectivity index (χ1) is 10.6. The van der Waals surface area contributed by atoms with Gasteiger partial charge in [-0.15, -0.1) is 0 Å². The summed E-state index contributed by atoms with van der Waals surface area (Å²) in [7, 11) is -3.22. The van der Waals surface area contributed by atoms with Gasteiger partial charge in [0.15, 0.2) is 5.11 Å². The molecule has 5 nitrogen and oxygen atoms in total. The van der Waals surface area contributed by atoms with Gasteiger partial charge in [0.1, 0.15) is 0 Å². The number of nitrogens with one attached hydrogen (secondary N) is 1. The normalized spacial score (nSPS) is 15.0. The fourth-order valence-electron chi connectivity index (χ4n) is 2.56. The molecule has 1 atom stereocenters. The number of unbranched alkanes of at least 4 members (excludes halogenated alkanes) is 1. The van der Waals surface area contributed by atoms with E-state index in [9.17, 15) is 0 Å². The van der Waals surface area contributed by atoms with Gasteiger partial charge >= 0.3 is 8.97 Å². The standard InChI is InChI=1S/C16H36N2O3SSi/c1-8-10-12-16(7,11-9-2)21-23(18-15(17)22,19-13(3)4)20-14(5)6/h13-14H,8-12H2,1-7H3,(H3,17,18,22). The summed E-state index contributed by atoms with van der Waals surface area (Å²) < 4.78 is 18.7. The third kappa shape index (κ3) is 9.61. The highest BCUT2D eigenvalue weighted by Crippen LogP contribution is 2.29. The summed E-state index contributed by atoms with van der Waals surface area (Å²) in [5.74, 6) is 0. The second-order valence-corrected chi connectivity index (χ2v) is 9.26. The molecule has 0 aliphatic heterocycles. The second kappa shape index (κ2) is 10.6. The van der Waals surface area contributed by atoms with Crippen molar-refractivity contribution >= 4 is 26.3 Å². The Morgan fingerprint density at radius 2 is 1.61 bits per heavy atom. The Labute approximate surface area is 149 Å². The van der Waals surface area contributed by atoms with Crippen LogP contribution in [0.5, 0.6) is 0 Å². The van der Waals surface area contributed by atoms with E-state index in [-0.39, 0.29) is 22.9 Å². The molecule has 0 aromatic rings. The summed E-state index contributed by atoms with van der Waals surface area (Å²) in [4.78, 5) is 3.03. The van der Waals surface area contributed by atoms with E-state index < -0.39 is 8.97 Å². The van der Waals surface area contributed by atoms with Crippen LogP contribution in [0.15, 0.2) is 0 Å². The number of nitrogens with two attached hydrogens (primary N) is 1. The van der Waals surface area contributed by atoms with Crippen molar-refractivity contribution in [1.29, 1.82) is 0 Å². The van der Waals surface area contributed by atoms with Crippen LogP contribution < -0.4 is 10.7 Å². The molecule has 0 radical (unpaired) electrons. The third-order valence-electron chi connectivity index (χ3n) is 3.28. The molecule has 0 saturated heterocycles. The maximum Gasteiger partial charge on any atom is 0.633 e. The van der Waals surface area contributed by atoms with E-state index in [2.05, 4.69) is 25.8 Å². The summed E-state index contributed by atoms with van der Waals surface area (Å²) in [5, 5.41) is 0.146. The minimum absolute atomic E-state index is 0.0562. The molecule has 3 N–H and O–H groups in total. The molecule has 0 heterocycles. The fraction of sp³-hybridized carbons (Fsp3) is 0.938. The van der Waals surface area contributed by atoms with Crippen LogP contribution in [0.4, 0.5) is 0 Å². The minimum atomic E-state index is -3.22. The van der Waals surface area contributed by atoms with E-state index in [1.165, 1.54) is 0 Å². The molecule has 23 heavy (non-hydrogen) atoms. The van der Waals surface area contributed by atoms with Crippen molar-refractivity contribution in [1.82, 2.24) is 4.98 Å². The lowest BCUT2D eigenvalue weighted by atomic mass is 9.94. The zero-order valence-corrected chi connectivity index (χ0v) is 17.7. The summed E-state index contributed by atoms with van der Waals surface area (Å²) >= 11 is 5.05. The first kappa shape index (κ1) is 22.8. The Hall–Kier alpha value is -0.213. The van der Waals surface area contributed by atoms with Crippen molar-refractivity contribution in [3.8, 4) is 0 Å². The monoisotopic (exact) mass is 364 g/mol. The van der Waals surface area contributed by atoms with Crippen LogP contribution in [0.3, 0.4) is 0 Å². The van der Waals surface area contributed by atoms with Crippen molar-refractivity contribution in [3.05, 3.63) is 0 Å². The predicted octanol–water partition coefficient (Wildman–Crippen LogP) is 3.87. The summed E-state index contributed by atoms with van der Waals surface area (Å²) in [5.41, 5.74) is 5.42. The summed E-state index contributed by atoms with van der Waals surface area (Å²) in [6.45, 7) is 14.3. The molecule has 0 aromatic heterocycles. The van der Waals surface area contributed by atoms with Crippen LogP contribution in [-0.2, 0) is 13.3 Å². The largest absolute Gasteiger partial charge is 0.633 e. The van der Waals surface area contributed by atoms with Gasteiger partial charge in [-0.25, -0.2) is 0 Å². The van der Waals surface area contributed by atoms with Gasteiger partial charge in [-0.3, -0.25) is 0 Å². The summed E-state index contributed by atoms with van der Waals surface area (Å²) in [6, 6.07) is 0. The Morgan fingerprint density at radius 3 is 1.96 bits per heavy atom. The average molecular weight is 365 g/mol. The minimum Gasteiger partial charge on any atom is -0.377 e. The highest BCUT2D eigenvalue weighted by molar-refractivity contribution is 7.80. The lowest BCUT2D eigenvalue weighted by Crippen LogP contribution is -2.66. The highest BCUT2D eigenvalue weighted by Gasteiger charge is 2.50. The quantitative estimate of drug-likeness (QED) is 0.405. The maximum atomic E-state index is 6.52. The van der Waals surface area contributed by atoms with E-state index in [1.54, 1.807) is 0 Å². The van der Waals surface area contributed by atoms with E-state index in [4.69, 9.17) is 31.2 Å². The van der Waals surface area contributed by atoms with Crippen molar-refractivity contribution in [3.63, 3.8) is 0 Å². The molecule has 7 heteroatoms. The Bertz CT molecular complexity index is 346. The van der Waals surface area contributed by atoms with E-state index in [0.717, 1.165) is 32.1 Å². The Kier molecular flexibility index (Phi) is 10.5. The molecule has 0 aliphatic rings. The first-order valence-electron chi connectivity index (χ1n) is 8.71. The molecular formula is C16H36N2O3SSi. The topological polar surface area (TPSA) is 65.7 Å². The Morgan fingerprint density at radius 1 is 1.09 bits per heavy atom. The molecular weight excluding hydrogens is 328 g/mol. The zero-order chi connectivity index (χ0) is 18.1. The maximum absolute atomic E-state index is 6.52. The molecule has 0 bridgehead atoms. The SMILES string of the molecule is CCCCC(C)(CCC)O[Si](NC(N)=S)(OC(C)C)OC(C)C. The first-order valence-corrected chi connectivity index (χ1v) is 10.8. The summed E-state index contributed by atoms with van der Waals surface area (Å²) in [6.07, 6.45) is 5.02. The fourth-order valence-corrected chi connectivity index (χ4v) is 5.65.